The molecule has 0 bridgehead atoms. The van der Waals surface area contributed by atoms with Crippen molar-refractivity contribution < 1.29 is 4.79 Å². The Morgan fingerprint density at radius 3 is 2.86 bits per heavy atom. The molecule has 21 heavy (non-hydrogen) atoms. The number of piperidine rings is 1. The normalized spacial score (nSPS) is 30.0. The Morgan fingerprint density at radius 2 is 2.14 bits per heavy atom. The van der Waals surface area contributed by atoms with Crippen LogP contribution in [0.4, 0.5) is 0 Å². The van der Waals surface area contributed by atoms with Crippen molar-refractivity contribution in [3.63, 3.8) is 0 Å². The molecule has 1 aromatic heterocycles. The van der Waals surface area contributed by atoms with Gasteiger partial charge in [0.05, 0.1) is 5.01 Å². The Morgan fingerprint density at radius 1 is 1.33 bits per heavy atom. The summed E-state index contributed by atoms with van der Waals surface area (Å²) >= 11 is 1.63. The highest BCUT2D eigenvalue weighted by Crippen LogP contribution is 2.27. The van der Waals surface area contributed by atoms with Crippen LogP contribution in [0.3, 0.4) is 0 Å². The van der Waals surface area contributed by atoms with Gasteiger partial charge in [0.2, 0.25) is 0 Å². The molecule has 1 unspecified atom stereocenters. The van der Waals surface area contributed by atoms with Gasteiger partial charge in [-0.05, 0) is 51.0 Å². The molecule has 1 atom stereocenters. The van der Waals surface area contributed by atoms with Crippen LogP contribution in [-0.4, -0.2) is 30.0 Å². The zero-order chi connectivity index (χ0) is 14.7. The van der Waals surface area contributed by atoms with Crippen molar-refractivity contribution in [3.05, 3.63) is 16.1 Å². The molecule has 5 heteroatoms. The van der Waals surface area contributed by atoms with E-state index >= 15 is 0 Å². The van der Waals surface area contributed by atoms with Gasteiger partial charge in [-0.25, -0.2) is 4.98 Å². The van der Waals surface area contributed by atoms with Gasteiger partial charge in [-0.15, -0.1) is 11.3 Å². The third-order valence-electron chi connectivity index (χ3n) is 4.75. The molecule has 1 aromatic rings. The topological polar surface area (TPSA) is 54.0 Å². The van der Waals surface area contributed by atoms with Gasteiger partial charge in [0.1, 0.15) is 5.69 Å². The fourth-order valence-electron chi connectivity index (χ4n) is 3.31. The summed E-state index contributed by atoms with van der Waals surface area (Å²) in [6, 6.07) is 0.343. The first-order valence-electron chi connectivity index (χ1n) is 8.19. The molecule has 2 heterocycles. The summed E-state index contributed by atoms with van der Waals surface area (Å²) in [5, 5.41) is 9.61. The summed E-state index contributed by atoms with van der Waals surface area (Å²) in [5.41, 5.74) is 0.610. The molecule has 0 radical (unpaired) electrons. The minimum Gasteiger partial charge on any atom is -0.348 e. The van der Waals surface area contributed by atoms with Crippen LogP contribution in [0.5, 0.6) is 0 Å². The summed E-state index contributed by atoms with van der Waals surface area (Å²) in [4.78, 5) is 16.9. The van der Waals surface area contributed by atoms with E-state index in [9.17, 15) is 4.79 Å². The lowest BCUT2D eigenvalue weighted by Crippen LogP contribution is -2.37. The maximum Gasteiger partial charge on any atom is 0.270 e. The van der Waals surface area contributed by atoms with E-state index in [0.717, 1.165) is 36.9 Å². The van der Waals surface area contributed by atoms with Crippen LogP contribution < -0.4 is 10.6 Å². The van der Waals surface area contributed by atoms with Crippen LogP contribution in [0.1, 0.15) is 66.9 Å². The average Bonchev–Trinajstić information content (AvgIpc) is 3.00. The third kappa shape index (κ3) is 3.83. The number of carbonyl (C=O) groups is 1. The fourth-order valence-corrected chi connectivity index (χ4v) is 4.24. The van der Waals surface area contributed by atoms with Crippen LogP contribution in [0.25, 0.3) is 0 Å². The summed E-state index contributed by atoms with van der Waals surface area (Å²) in [6.45, 7) is 4.40. The molecule has 1 saturated heterocycles. The number of hydrogen-bond acceptors (Lipinski definition) is 4. The standard InChI is InChI=1S/C16H25N3OS/c1-11-4-6-13(7-5-11)18-15(20)14-10-21-16(19-14)12-3-2-8-17-9-12/h10-13,17H,2-9H2,1H3,(H,18,20). The van der Waals surface area contributed by atoms with E-state index in [1.807, 2.05) is 5.38 Å². The maximum absolute atomic E-state index is 12.3. The lowest BCUT2D eigenvalue weighted by molar-refractivity contribution is 0.0918. The van der Waals surface area contributed by atoms with Crippen molar-refractivity contribution in [2.45, 2.75) is 57.4 Å². The van der Waals surface area contributed by atoms with Gasteiger partial charge in [0.15, 0.2) is 0 Å². The molecule has 1 aliphatic heterocycles. The Hall–Kier alpha value is -0.940. The Bertz CT molecular complexity index is 474. The number of nitrogens with one attached hydrogen (secondary N) is 2. The Balaban J connectivity index is 1.56. The Labute approximate surface area is 130 Å². The molecular formula is C16H25N3OS. The first-order chi connectivity index (χ1) is 10.2. The van der Waals surface area contributed by atoms with Gasteiger partial charge in [-0.1, -0.05) is 6.92 Å². The second kappa shape index (κ2) is 6.88. The van der Waals surface area contributed by atoms with Gasteiger partial charge < -0.3 is 10.6 Å². The van der Waals surface area contributed by atoms with Crippen LogP contribution in [0.15, 0.2) is 5.38 Å². The molecular weight excluding hydrogens is 282 g/mol. The molecule has 2 fully saturated rings. The predicted molar refractivity (Wildman–Crippen MR) is 85.8 cm³/mol. The van der Waals surface area contributed by atoms with Crippen molar-refractivity contribution >= 4 is 17.2 Å². The van der Waals surface area contributed by atoms with Crippen LogP contribution in [0.2, 0.25) is 0 Å². The SMILES string of the molecule is CC1CCC(NC(=O)c2csc(C3CCCNC3)n2)CC1. The smallest absolute Gasteiger partial charge is 0.270 e. The first-order valence-corrected chi connectivity index (χ1v) is 9.07. The van der Waals surface area contributed by atoms with Crippen LogP contribution in [0, 0.1) is 5.92 Å². The van der Waals surface area contributed by atoms with Crippen molar-refractivity contribution in [3.8, 4) is 0 Å². The maximum atomic E-state index is 12.3. The van der Waals surface area contributed by atoms with Gasteiger partial charge in [-0.2, -0.15) is 0 Å². The van der Waals surface area contributed by atoms with E-state index in [2.05, 4.69) is 22.5 Å². The van der Waals surface area contributed by atoms with E-state index in [0.29, 0.717) is 17.7 Å². The molecule has 116 valence electrons. The number of carbonyl (C=O) groups excluding carboxylic acids is 1. The molecule has 1 amide bonds. The minimum absolute atomic E-state index is 0.0146. The zero-order valence-electron chi connectivity index (χ0n) is 12.7. The van der Waals surface area contributed by atoms with Crippen LogP contribution in [-0.2, 0) is 0 Å². The van der Waals surface area contributed by atoms with E-state index in [1.165, 1.54) is 25.7 Å². The number of hydrogen-bond donors (Lipinski definition) is 2. The summed E-state index contributed by atoms with van der Waals surface area (Å²) < 4.78 is 0. The van der Waals surface area contributed by atoms with E-state index in [-0.39, 0.29) is 5.91 Å². The van der Waals surface area contributed by atoms with Gasteiger partial charge >= 0.3 is 0 Å². The molecule has 4 nitrogen and oxygen atoms in total. The van der Waals surface area contributed by atoms with Gasteiger partial charge in [0, 0.05) is 23.9 Å². The fraction of sp³-hybridized carbons (Fsp3) is 0.750. The predicted octanol–water partition coefficient (Wildman–Crippen LogP) is 2.92. The van der Waals surface area contributed by atoms with E-state index in [4.69, 9.17) is 0 Å². The second-order valence-corrected chi connectivity index (χ2v) is 7.43. The highest BCUT2D eigenvalue weighted by Gasteiger charge is 2.23. The number of aromatic nitrogens is 1. The lowest BCUT2D eigenvalue weighted by atomic mass is 9.87. The van der Waals surface area contributed by atoms with Crippen molar-refractivity contribution in [2.24, 2.45) is 5.92 Å². The molecule has 0 aromatic carbocycles. The van der Waals surface area contributed by atoms with Gasteiger partial charge in [-0.3, -0.25) is 4.79 Å². The molecule has 2 N–H and O–H groups in total. The van der Waals surface area contributed by atoms with Crippen molar-refractivity contribution in [2.75, 3.05) is 13.1 Å². The largest absolute Gasteiger partial charge is 0.348 e. The van der Waals surface area contributed by atoms with Crippen molar-refractivity contribution in [1.82, 2.24) is 15.6 Å². The summed E-state index contributed by atoms with van der Waals surface area (Å²) in [6.07, 6.45) is 7.04. The molecule has 3 rings (SSSR count). The lowest BCUT2D eigenvalue weighted by Gasteiger charge is -2.26. The molecule has 1 saturated carbocycles. The number of rotatable bonds is 3. The highest BCUT2D eigenvalue weighted by molar-refractivity contribution is 7.09. The molecule has 0 spiro atoms. The number of nitrogens with zero attached hydrogens (tertiary/aromatic N) is 1. The molecule has 2 aliphatic rings. The highest BCUT2D eigenvalue weighted by atomic mass is 32.1. The minimum atomic E-state index is 0.0146. The van der Waals surface area contributed by atoms with Gasteiger partial charge in [0.25, 0.3) is 5.91 Å². The monoisotopic (exact) mass is 307 g/mol. The van der Waals surface area contributed by atoms with E-state index < -0.39 is 0 Å². The average molecular weight is 307 g/mol. The number of amides is 1. The second-order valence-electron chi connectivity index (χ2n) is 6.54. The zero-order valence-corrected chi connectivity index (χ0v) is 13.5. The quantitative estimate of drug-likeness (QED) is 0.903. The molecule has 1 aliphatic carbocycles. The number of thiazole rings is 1. The van der Waals surface area contributed by atoms with Crippen molar-refractivity contribution in [1.29, 1.82) is 0 Å². The Kier molecular flexibility index (Phi) is 4.91. The van der Waals surface area contributed by atoms with Crippen LogP contribution >= 0.6 is 11.3 Å². The first kappa shape index (κ1) is 15.0. The van der Waals surface area contributed by atoms with E-state index in [1.54, 1.807) is 11.3 Å². The summed E-state index contributed by atoms with van der Waals surface area (Å²) in [7, 11) is 0. The third-order valence-corrected chi connectivity index (χ3v) is 5.76. The summed E-state index contributed by atoms with van der Waals surface area (Å²) in [5.74, 6) is 1.31.